The monoisotopic (exact) mass is 241 g/mol. The lowest BCUT2D eigenvalue weighted by Crippen LogP contribution is -2.14. The third-order valence-corrected chi connectivity index (χ3v) is 2.06. The molecule has 2 N–H and O–H groups in total. The predicted molar refractivity (Wildman–Crippen MR) is 62.2 cm³/mol. The van der Waals surface area contributed by atoms with Crippen molar-refractivity contribution >= 4 is 11.7 Å². The van der Waals surface area contributed by atoms with Crippen molar-refractivity contribution in [2.24, 2.45) is 0 Å². The van der Waals surface area contributed by atoms with E-state index in [-0.39, 0.29) is 17.9 Å². The van der Waals surface area contributed by atoms with Crippen molar-refractivity contribution in [1.29, 1.82) is 0 Å². The van der Waals surface area contributed by atoms with Gasteiger partial charge < -0.3 is 15.2 Å². The summed E-state index contributed by atoms with van der Waals surface area (Å²) in [5.41, 5.74) is 5.36. The number of halogens is 1. The zero-order chi connectivity index (χ0) is 12.7. The molecule has 0 heterocycles. The Hall–Kier alpha value is -1.62. The maximum absolute atomic E-state index is 13.3. The zero-order valence-corrected chi connectivity index (χ0v) is 9.74. The fourth-order valence-corrected chi connectivity index (χ4v) is 1.27. The van der Waals surface area contributed by atoms with E-state index in [2.05, 4.69) is 0 Å². The number of carbonyl (C=O) groups excluding carboxylic acids is 1. The molecule has 0 radical (unpaired) electrons. The van der Waals surface area contributed by atoms with Gasteiger partial charge in [0.2, 0.25) is 0 Å². The van der Waals surface area contributed by atoms with Gasteiger partial charge in [-0.3, -0.25) is 0 Å². The van der Waals surface area contributed by atoms with Crippen LogP contribution in [0, 0.1) is 5.82 Å². The van der Waals surface area contributed by atoms with Gasteiger partial charge >= 0.3 is 5.97 Å². The topological polar surface area (TPSA) is 61.5 Å². The van der Waals surface area contributed by atoms with Crippen molar-refractivity contribution in [3.63, 3.8) is 0 Å². The van der Waals surface area contributed by atoms with Crippen LogP contribution in [0.4, 0.5) is 10.1 Å². The van der Waals surface area contributed by atoms with Crippen LogP contribution in [0.1, 0.15) is 23.7 Å². The fraction of sp³-hybridized carbons (Fsp3) is 0.417. The highest BCUT2D eigenvalue weighted by Gasteiger charge is 2.16. The molecule has 1 rings (SSSR count). The van der Waals surface area contributed by atoms with Crippen LogP contribution in [0.2, 0.25) is 0 Å². The second-order valence-electron chi connectivity index (χ2n) is 3.45. The highest BCUT2D eigenvalue weighted by Crippen LogP contribution is 2.16. The third-order valence-electron chi connectivity index (χ3n) is 2.06. The van der Waals surface area contributed by atoms with Gasteiger partial charge in [-0.2, -0.15) is 0 Å². The minimum atomic E-state index is -0.763. The molecule has 94 valence electrons. The summed E-state index contributed by atoms with van der Waals surface area (Å²) in [6.45, 7) is 2.98. The predicted octanol–water partition coefficient (Wildman–Crippen LogP) is 1.99. The molecule has 17 heavy (non-hydrogen) atoms. The molecule has 0 atom stereocenters. The summed E-state index contributed by atoms with van der Waals surface area (Å²) in [6, 6.07) is 4.06. The molecule has 0 aromatic heterocycles. The first-order valence-corrected chi connectivity index (χ1v) is 5.45. The molecule has 5 heteroatoms. The van der Waals surface area contributed by atoms with Crippen molar-refractivity contribution < 1.29 is 18.7 Å². The summed E-state index contributed by atoms with van der Waals surface area (Å²) in [6.07, 6.45) is 0.897. The van der Waals surface area contributed by atoms with E-state index < -0.39 is 11.8 Å². The molecule has 1 aromatic carbocycles. The van der Waals surface area contributed by atoms with Crippen LogP contribution in [0.5, 0.6) is 0 Å². The van der Waals surface area contributed by atoms with Crippen LogP contribution in [0.15, 0.2) is 18.2 Å². The molecule has 0 spiro atoms. The van der Waals surface area contributed by atoms with Crippen LogP contribution >= 0.6 is 0 Å². The average molecular weight is 241 g/mol. The van der Waals surface area contributed by atoms with Crippen molar-refractivity contribution in [2.45, 2.75) is 13.3 Å². The molecule has 4 nitrogen and oxygen atoms in total. The molecule has 0 bridgehead atoms. The SMILES string of the molecule is CCCOCCOC(=O)c1c(N)cccc1F. The van der Waals surface area contributed by atoms with Gasteiger partial charge in [0.25, 0.3) is 0 Å². The largest absolute Gasteiger partial charge is 0.460 e. The number of hydrogen-bond donors (Lipinski definition) is 1. The Morgan fingerprint density at radius 1 is 1.35 bits per heavy atom. The smallest absolute Gasteiger partial charge is 0.343 e. The molecule has 0 fully saturated rings. The average Bonchev–Trinajstić information content (AvgIpc) is 2.28. The number of carbonyl (C=O) groups is 1. The fourth-order valence-electron chi connectivity index (χ4n) is 1.27. The second kappa shape index (κ2) is 6.85. The van der Waals surface area contributed by atoms with Gasteiger partial charge in [-0.05, 0) is 18.6 Å². The molecule has 0 unspecified atom stereocenters. The summed E-state index contributed by atoms with van der Waals surface area (Å²) in [5.74, 6) is -1.44. The molecule has 1 aromatic rings. The van der Waals surface area contributed by atoms with Crippen LogP contribution in [-0.4, -0.2) is 25.8 Å². The van der Waals surface area contributed by atoms with E-state index in [0.29, 0.717) is 13.2 Å². The van der Waals surface area contributed by atoms with E-state index in [9.17, 15) is 9.18 Å². The number of rotatable bonds is 6. The summed E-state index contributed by atoms with van der Waals surface area (Å²) in [4.78, 5) is 11.5. The highest BCUT2D eigenvalue weighted by molar-refractivity contribution is 5.95. The van der Waals surface area contributed by atoms with E-state index in [0.717, 1.165) is 6.42 Å². The number of hydrogen-bond acceptors (Lipinski definition) is 4. The van der Waals surface area contributed by atoms with E-state index in [1.807, 2.05) is 6.92 Å². The van der Waals surface area contributed by atoms with Crippen LogP contribution < -0.4 is 5.73 Å². The highest BCUT2D eigenvalue weighted by atomic mass is 19.1. The van der Waals surface area contributed by atoms with Gasteiger partial charge in [0, 0.05) is 12.3 Å². The molecular formula is C12H16FNO3. The molecule has 0 amide bonds. The molecule has 0 saturated heterocycles. The maximum Gasteiger partial charge on any atom is 0.343 e. The minimum Gasteiger partial charge on any atom is -0.460 e. The van der Waals surface area contributed by atoms with Crippen LogP contribution in [-0.2, 0) is 9.47 Å². The number of benzene rings is 1. The molecular weight excluding hydrogens is 225 g/mol. The number of ether oxygens (including phenoxy) is 2. The van der Waals surface area contributed by atoms with E-state index in [1.165, 1.54) is 18.2 Å². The molecule has 0 saturated carbocycles. The Balaban J connectivity index is 2.47. The Morgan fingerprint density at radius 3 is 2.76 bits per heavy atom. The normalized spacial score (nSPS) is 10.2. The number of esters is 1. The van der Waals surface area contributed by atoms with E-state index in [4.69, 9.17) is 15.2 Å². The first-order valence-electron chi connectivity index (χ1n) is 5.45. The number of nitrogen functional groups attached to an aromatic ring is 1. The lowest BCUT2D eigenvalue weighted by atomic mass is 10.2. The van der Waals surface area contributed by atoms with Gasteiger partial charge in [-0.1, -0.05) is 13.0 Å². The summed E-state index contributed by atoms with van der Waals surface area (Å²) < 4.78 is 23.3. The van der Waals surface area contributed by atoms with Gasteiger partial charge in [0.05, 0.1) is 6.61 Å². The number of anilines is 1. The first-order chi connectivity index (χ1) is 8.16. The van der Waals surface area contributed by atoms with Crippen molar-refractivity contribution in [3.8, 4) is 0 Å². The Kier molecular flexibility index (Phi) is 5.42. The summed E-state index contributed by atoms with van der Waals surface area (Å²) in [7, 11) is 0. The van der Waals surface area contributed by atoms with Gasteiger partial charge in [-0.15, -0.1) is 0 Å². The summed E-state index contributed by atoms with van der Waals surface area (Å²) >= 11 is 0. The Morgan fingerprint density at radius 2 is 2.12 bits per heavy atom. The van der Waals surface area contributed by atoms with Gasteiger partial charge in [-0.25, -0.2) is 9.18 Å². The van der Waals surface area contributed by atoms with Crippen LogP contribution in [0.3, 0.4) is 0 Å². The Labute approximate surface area is 99.5 Å². The lowest BCUT2D eigenvalue weighted by molar-refractivity contribution is 0.0315. The molecule has 0 aliphatic rings. The van der Waals surface area contributed by atoms with Crippen molar-refractivity contribution in [2.75, 3.05) is 25.6 Å². The van der Waals surface area contributed by atoms with Gasteiger partial charge in [0.15, 0.2) is 0 Å². The minimum absolute atomic E-state index is 0.0736. The Bertz CT molecular complexity index is 362. The quantitative estimate of drug-likeness (QED) is 0.470. The standard InChI is InChI=1S/C12H16FNO3/c1-2-6-16-7-8-17-12(15)11-9(13)4-3-5-10(11)14/h3-5H,2,6-8,14H2,1H3. The molecule has 0 aliphatic heterocycles. The molecule has 0 aliphatic carbocycles. The van der Waals surface area contributed by atoms with Gasteiger partial charge in [0.1, 0.15) is 18.0 Å². The van der Waals surface area contributed by atoms with Crippen molar-refractivity contribution in [3.05, 3.63) is 29.6 Å². The van der Waals surface area contributed by atoms with E-state index in [1.54, 1.807) is 0 Å². The summed E-state index contributed by atoms with van der Waals surface area (Å²) in [5, 5.41) is 0. The third kappa shape index (κ3) is 4.03. The number of nitrogens with two attached hydrogens (primary N) is 1. The second-order valence-corrected chi connectivity index (χ2v) is 3.45. The zero-order valence-electron chi connectivity index (χ0n) is 9.74. The first kappa shape index (κ1) is 13.4. The maximum atomic E-state index is 13.3. The van der Waals surface area contributed by atoms with Crippen molar-refractivity contribution in [1.82, 2.24) is 0 Å². The van der Waals surface area contributed by atoms with Crippen LogP contribution in [0.25, 0.3) is 0 Å². The lowest BCUT2D eigenvalue weighted by Gasteiger charge is -2.07. The van der Waals surface area contributed by atoms with E-state index >= 15 is 0 Å².